The highest BCUT2D eigenvalue weighted by molar-refractivity contribution is 8.13. The molecule has 0 atom stereocenters. The summed E-state index contributed by atoms with van der Waals surface area (Å²) in [6.45, 7) is 0. The molecule has 1 heterocycles. The van der Waals surface area contributed by atoms with Crippen molar-refractivity contribution in [2.45, 2.75) is 6.42 Å². The van der Waals surface area contributed by atoms with Crippen molar-refractivity contribution in [1.82, 2.24) is 0 Å². The zero-order valence-electron chi connectivity index (χ0n) is 7.76. The Hall–Kier alpha value is -1.29. The number of nitrogens with one attached hydrogen (secondary N) is 2. The average Bonchev–Trinajstić information content (AvgIpc) is 2.55. The van der Waals surface area contributed by atoms with Crippen molar-refractivity contribution in [3.05, 3.63) is 29.3 Å². The zero-order chi connectivity index (χ0) is 10.1. The van der Waals surface area contributed by atoms with Crippen LogP contribution in [0.3, 0.4) is 0 Å². The summed E-state index contributed by atoms with van der Waals surface area (Å²) in [4.78, 5) is 11.1. The van der Waals surface area contributed by atoms with Crippen LogP contribution in [0.2, 0.25) is 0 Å². The van der Waals surface area contributed by atoms with Crippen molar-refractivity contribution in [2.75, 3.05) is 11.6 Å². The third-order valence-corrected chi connectivity index (χ3v) is 2.84. The molecular formula is C10H10N2OS. The van der Waals surface area contributed by atoms with E-state index < -0.39 is 0 Å². The molecule has 14 heavy (non-hydrogen) atoms. The van der Waals surface area contributed by atoms with E-state index in [9.17, 15) is 4.79 Å². The van der Waals surface area contributed by atoms with E-state index in [-0.39, 0.29) is 5.91 Å². The molecule has 1 aliphatic heterocycles. The first-order valence-electron chi connectivity index (χ1n) is 4.26. The molecule has 0 saturated carbocycles. The van der Waals surface area contributed by atoms with Crippen molar-refractivity contribution >= 4 is 28.4 Å². The van der Waals surface area contributed by atoms with Gasteiger partial charge in [-0.05, 0) is 24.0 Å². The molecule has 1 aromatic rings. The highest BCUT2D eigenvalue weighted by Crippen LogP contribution is 2.25. The van der Waals surface area contributed by atoms with E-state index in [4.69, 9.17) is 5.41 Å². The molecule has 4 heteroatoms. The molecule has 0 aliphatic carbocycles. The van der Waals surface area contributed by atoms with Gasteiger partial charge in [0.05, 0.1) is 11.5 Å². The van der Waals surface area contributed by atoms with Crippen LogP contribution in [-0.4, -0.2) is 17.2 Å². The lowest BCUT2D eigenvalue weighted by molar-refractivity contribution is -0.115. The maximum atomic E-state index is 11.1. The molecule has 1 aliphatic rings. The second-order valence-corrected chi connectivity index (χ2v) is 3.95. The van der Waals surface area contributed by atoms with Crippen LogP contribution in [0.4, 0.5) is 5.69 Å². The SMILES string of the molecule is CSC(=N)c1ccc2c(c1)CC(=O)N2. The summed E-state index contributed by atoms with van der Waals surface area (Å²) >= 11 is 1.40. The number of fused-ring (bicyclic) bond motifs is 1. The minimum absolute atomic E-state index is 0.0350. The predicted octanol–water partition coefficient (Wildman–Crippen LogP) is 1.87. The molecule has 1 amide bonds. The molecule has 0 aromatic heterocycles. The van der Waals surface area contributed by atoms with Crippen LogP contribution in [0.5, 0.6) is 0 Å². The molecule has 3 nitrogen and oxygen atoms in total. The minimum atomic E-state index is 0.0350. The Morgan fingerprint density at radius 1 is 1.57 bits per heavy atom. The van der Waals surface area contributed by atoms with Crippen molar-refractivity contribution < 1.29 is 4.79 Å². The first-order valence-corrected chi connectivity index (χ1v) is 5.49. The fourth-order valence-corrected chi connectivity index (χ4v) is 1.85. The maximum absolute atomic E-state index is 11.1. The average molecular weight is 206 g/mol. The number of carbonyl (C=O) groups is 1. The molecule has 2 N–H and O–H groups in total. The van der Waals surface area contributed by atoms with Crippen molar-refractivity contribution in [3.8, 4) is 0 Å². The lowest BCUT2D eigenvalue weighted by Gasteiger charge is -2.03. The van der Waals surface area contributed by atoms with Gasteiger partial charge in [0.2, 0.25) is 5.91 Å². The Kier molecular flexibility index (Phi) is 2.29. The number of amides is 1. The Labute approximate surface area is 86.4 Å². The first kappa shape index (κ1) is 9.27. The molecule has 0 bridgehead atoms. The Morgan fingerprint density at radius 3 is 3.07 bits per heavy atom. The number of rotatable bonds is 1. The lowest BCUT2D eigenvalue weighted by Crippen LogP contribution is -2.03. The van der Waals surface area contributed by atoms with Crippen LogP contribution < -0.4 is 5.32 Å². The van der Waals surface area contributed by atoms with E-state index in [1.165, 1.54) is 11.8 Å². The van der Waals surface area contributed by atoms with Crippen LogP contribution >= 0.6 is 11.8 Å². The Bertz CT molecular complexity index is 415. The highest BCUT2D eigenvalue weighted by Gasteiger charge is 2.17. The van der Waals surface area contributed by atoms with Gasteiger partial charge in [-0.1, -0.05) is 6.07 Å². The molecular weight excluding hydrogens is 196 g/mol. The van der Waals surface area contributed by atoms with E-state index in [0.717, 1.165) is 16.8 Å². The second-order valence-electron chi connectivity index (χ2n) is 3.13. The minimum Gasteiger partial charge on any atom is -0.326 e. The van der Waals surface area contributed by atoms with E-state index in [2.05, 4.69) is 5.32 Å². The molecule has 1 aromatic carbocycles. The predicted molar refractivity (Wildman–Crippen MR) is 59.1 cm³/mol. The summed E-state index contributed by atoms with van der Waals surface area (Å²) < 4.78 is 0. The zero-order valence-corrected chi connectivity index (χ0v) is 8.57. The van der Waals surface area contributed by atoms with Gasteiger partial charge >= 0.3 is 0 Å². The monoisotopic (exact) mass is 206 g/mol. The Balaban J connectivity index is 2.37. The third-order valence-electron chi connectivity index (χ3n) is 2.20. The van der Waals surface area contributed by atoms with E-state index >= 15 is 0 Å². The maximum Gasteiger partial charge on any atom is 0.228 e. The van der Waals surface area contributed by atoms with Crippen LogP contribution in [0, 0.1) is 5.41 Å². The number of thioether (sulfide) groups is 1. The molecule has 0 saturated heterocycles. The van der Waals surface area contributed by atoms with Crippen molar-refractivity contribution in [1.29, 1.82) is 5.41 Å². The molecule has 0 fully saturated rings. The highest BCUT2D eigenvalue weighted by atomic mass is 32.2. The summed E-state index contributed by atoms with van der Waals surface area (Å²) in [5.41, 5.74) is 2.76. The summed E-state index contributed by atoms with van der Waals surface area (Å²) in [5.74, 6) is 0.0350. The molecule has 0 unspecified atom stereocenters. The van der Waals surface area contributed by atoms with E-state index in [1.54, 1.807) is 0 Å². The van der Waals surface area contributed by atoms with Crippen LogP contribution in [0.1, 0.15) is 11.1 Å². The Morgan fingerprint density at radius 2 is 2.36 bits per heavy atom. The summed E-state index contributed by atoms with van der Waals surface area (Å²) in [6, 6.07) is 5.63. The van der Waals surface area contributed by atoms with Gasteiger partial charge in [-0.15, -0.1) is 11.8 Å². The van der Waals surface area contributed by atoms with Gasteiger partial charge in [0.25, 0.3) is 0 Å². The van der Waals surface area contributed by atoms with Gasteiger partial charge in [0.15, 0.2) is 0 Å². The smallest absolute Gasteiger partial charge is 0.228 e. The topological polar surface area (TPSA) is 53.0 Å². The summed E-state index contributed by atoms with van der Waals surface area (Å²) in [5, 5.41) is 10.9. The lowest BCUT2D eigenvalue weighted by atomic mass is 10.1. The van der Waals surface area contributed by atoms with Gasteiger partial charge in [-0.25, -0.2) is 0 Å². The molecule has 0 radical (unpaired) electrons. The molecule has 72 valence electrons. The fraction of sp³-hybridized carbons (Fsp3) is 0.200. The number of benzene rings is 1. The largest absolute Gasteiger partial charge is 0.326 e. The van der Waals surface area contributed by atoms with Crippen LogP contribution in [0.15, 0.2) is 18.2 Å². The van der Waals surface area contributed by atoms with Crippen molar-refractivity contribution in [3.63, 3.8) is 0 Å². The van der Waals surface area contributed by atoms with Crippen LogP contribution in [-0.2, 0) is 11.2 Å². The first-order chi connectivity index (χ1) is 6.70. The van der Waals surface area contributed by atoms with Gasteiger partial charge in [-0.2, -0.15) is 0 Å². The number of hydrogen-bond acceptors (Lipinski definition) is 3. The van der Waals surface area contributed by atoms with Gasteiger partial charge in [0, 0.05) is 11.3 Å². The molecule has 0 spiro atoms. The van der Waals surface area contributed by atoms with Gasteiger partial charge < -0.3 is 5.32 Å². The molecule has 2 rings (SSSR count). The standard InChI is InChI=1S/C10H10N2OS/c1-14-10(11)6-2-3-8-7(4-6)5-9(13)12-8/h2-4,11H,5H2,1H3,(H,12,13). The number of anilines is 1. The van der Waals surface area contributed by atoms with Gasteiger partial charge in [-0.3, -0.25) is 10.2 Å². The van der Waals surface area contributed by atoms with Gasteiger partial charge in [0.1, 0.15) is 0 Å². The number of hydrogen-bond donors (Lipinski definition) is 2. The van der Waals surface area contributed by atoms with E-state index in [1.807, 2.05) is 24.5 Å². The summed E-state index contributed by atoms with van der Waals surface area (Å²) in [7, 11) is 0. The van der Waals surface area contributed by atoms with Crippen molar-refractivity contribution in [2.24, 2.45) is 0 Å². The quantitative estimate of drug-likeness (QED) is 0.544. The fourth-order valence-electron chi connectivity index (χ4n) is 1.49. The summed E-state index contributed by atoms with van der Waals surface area (Å²) in [6.07, 6.45) is 2.31. The normalized spacial score (nSPS) is 13.6. The number of carbonyl (C=O) groups excluding carboxylic acids is 1. The third kappa shape index (κ3) is 1.53. The second kappa shape index (κ2) is 3.46. The van der Waals surface area contributed by atoms with E-state index in [0.29, 0.717) is 11.5 Å². The van der Waals surface area contributed by atoms with Crippen LogP contribution in [0.25, 0.3) is 0 Å².